The molecule has 0 unspecified atom stereocenters. The van der Waals surface area contributed by atoms with E-state index in [1.165, 1.54) is 37.2 Å². The van der Waals surface area contributed by atoms with Crippen LogP contribution in [0.3, 0.4) is 0 Å². The quantitative estimate of drug-likeness (QED) is 0.0694. The van der Waals surface area contributed by atoms with Gasteiger partial charge in [-0.05, 0) is 25.7 Å². The van der Waals surface area contributed by atoms with Crippen LogP contribution >= 0.6 is 11.3 Å². The van der Waals surface area contributed by atoms with Crippen LogP contribution in [0, 0.1) is 16.9 Å². The third-order valence-electron chi connectivity index (χ3n) is 10.7. The molecule has 1 N–H and O–H groups in total. The zero-order chi connectivity index (χ0) is 35.7. The van der Waals surface area contributed by atoms with Crippen molar-refractivity contribution >= 4 is 65.7 Å². The van der Waals surface area contributed by atoms with Gasteiger partial charge in [0.15, 0.2) is 5.78 Å². The Balaban J connectivity index is 0.000000312. The molecule has 0 fully saturated rings. The van der Waals surface area contributed by atoms with Gasteiger partial charge in [-0.2, -0.15) is 0 Å². The van der Waals surface area contributed by atoms with Crippen molar-refractivity contribution in [3.63, 3.8) is 0 Å². The zero-order valence-electron chi connectivity index (χ0n) is 31.7. The molecule has 0 atom stereocenters. The summed E-state index contributed by atoms with van der Waals surface area (Å²) in [6.45, 7) is 18.9. The molecule has 5 rings (SSSR count). The smallest absolute Gasteiger partial charge is 0.164 e. The Bertz CT molecular complexity index is 1950. The summed E-state index contributed by atoms with van der Waals surface area (Å²) in [5, 5.41) is 15.2. The second-order valence-corrected chi connectivity index (χ2v) is 27.7. The van der Waals surface area contributed by atoms with Gasteiger partial charge >= 0.3 is 192 Å². The van der Waals surface area contributed by atoms with Crippen molar-refractivity contribution in [2.45, 2.75) is 111 Å². The van der Waals surface area contributed by atoms with Crippen LogP contribution in [-0.4, -0.2) is 29.1 Å². The van der Waals surface area contributed by atoms with Gasteiger partial charge in [-0.1, -0.05) is 41.5 Å². The second-order valence-electron chi connectivity index (χ2n) is 15.9. The number of thiophene rings is 1. The fraction of sp³-hybridized carbons (Fsp3) is 0.442. The van der Waals surface area contributed by atoms with Gasteiger partial charge in [-0.3, -0.25) is 4.79 Å². The molecule has 0 aliphatic heterocycles. The number of carbonyl (C=O) groups is 1. The minimum absolute atomic E-state index is 0. The third-order valence-corrected chi connectivity index (χ3v) is 16.1. The minimum Gasteiger partial charge on any atom is -0.512 e. The second kappa shape index (κ2) is 15.9. The van der Waals surface area contributed by atoms with Crippen LogP contribution in [0.2, 0.25) is 17.3 Å². The Labute approximate surface area is 315 Å². The summed E-state index contributed by atoms with van der Waals surface area (Å²) in [6.07, 6.45) is 6.71. The van der Waals surface area contributed by atoms with Crippen molar-refractivity contribution in [1.82, 2.24) is 4.98 Å². The summed E-state index contributed by atoms with van der Waals surface area (Å²) in [4.78, 5) is 17.1. The van der Waals surface area contributed by atoms with Crippen molar-refractivity contribution in [2.24, 2.45) is 10.8 Å². The Morgan fingerprint density at radius 3 is 2.02 bits per heavy atom. The number of aromatic nitrogens is 1. The van der Waals surface area contributed by atoms with Crippen molar-refractivity contribution in [2.75, 3.05) is 0 Å². The topological polar surface area (TPSA) is 50.2 Å². The first kappa shape index (κ1) is 41.1. The van der Waals surface area contributed by atoms with Crippen molar-refractivity contribution in [1.29, 1.82) is 0 Å². The Morgan fingerprint density at radius 1 is 0.837 bits per heavy atom. The number of rotatable bonds is 9. The molecule has 2 heterocycles. The number of ketones is 1. The molecule has 0 spiro atoms. The summed E-state index contributed by atoms with van der Waals surface area (Å²) in [5.41, 5.74) is 2.92. The molecule has 6 heteroatoms. The van der Waals surface area contributed by atoms with Crippen LogP contribution in [0.15, 0.2) is 72.6 Å². The van der Waals surface area contributed by atoms with Crippen LogP contribution in [0.1, 0.15) is 93.6 Å². The van der Waals surface area contributed by atoms with Gasteiger partial charge < -0.3 is 5.11 Å². The maximum atomic E-state index is 12.2. The summed E-state index contributed by atoms with van der Waals surface area (Å²) >= 11 is 0.0179. The van der Waals surface area contributed by atoms with Gasteiger partial charge in [0.25, 0.3) is 0 Å². The predicted molar refractivity (Wildman–Crippen MR) is 214 cm³/mol. The van der Waals surface area contributed by atoms with E-state index < -0.39 is 13.3 Å². The molecular weight excluding hydrogens is 859 g/mol. The van der Waals surface area contributed by atoms with Gasteiger partial charge in [0.2, 0.25) is 0 Å². The van der Waals surface area contributed by atoms with Crippen molar-refractivity contribution in [3.8, 4) is 11.3 Å². The molecule has 2 aromatic heterocycles. The molecule has 265 valence electrons. The van der Waals surface area contributed by atoms with E-state index in [1.807, 2.05) is 59.1 Å². The fourth-order valence-corrected chi connectivity index (χ4v) is 9.85. The zero-order valence-corrected chi connectivity index (χ0v) is 37.0. The number of allylic oxidation sites excluding steroid dienone is 2. The Kier molecular flexibility index (Phi) is 13.4. The molecule has 0 saturated carbocycles. The average Bonchev–Trinajstić information content (AvgIpc) is 3.44. The first-order chi connectivity index (χ1) is 22.4. The normalized spacial score (nSPS) is 12.9. The number of hydrogen-bond donors (Lipinski definition) is 1. The van der Waals surface area contributed by atoms with Crippen LogP contribution in [0.25, 0.3) is 42.2 Å². The van der Waals surface area contributed by atoms with Crippen LogP contribution in [-0.2, 0) is 30.3 Å². The fourth-order valence-electron chi connectivity index (χ4n) is 6.05. The number of fused-ring (bicyclic) bond motifs is 4. The van der Waals surface area contributed by atoms with Gasteiger partial charge in [-0.15, -0.1) is 0 Å². The third kappa shape index (κ3) is 8.78. The number of aliphatic hydroxyl groups is 1. The molecule has 3 nitrogen and oxygen atoms in total. The van der Waals surface area contributed by atoms with Crippen molar-refractivity contribution < 1.29 is 30.0 Å². The van der Waals surface area contributed by atoms with Crippen LogP contribution in [0.4, 0.5) is 0 Å². The molecule has 1 radical (unpaired) electrons. The molecule has 0 aliphatic carbocycles. The molecular formula is C43H56GeIrNO2S-. The Morgan fingerprint density at radius 2 is 1.45 bits per heavy atom. The van der Waals surface area contributed by atoms with E-state index in [0.29, 0.717) is 0 Å². The maximum Gasteiger partial charge on any atom is 0.164 e. The van der Waals surface area contributed by atoms with Crippen molar-refractivity contribution in [3.05, 3.63) is 84.3 Å². The van der Waals surface area contributed by atoms with E-state index in [9.17, 15) is 9.90 Å². The molecule has 5 aromatic rings. The van der Waals surface area contributed by atoms with E-state index >= 15 is 0 Å². The first-order valence-corrected chi connectivity index (χ1v) is 25.8. The number of aliphatic hydroxyl groups excluding tert-OH is 1. The first-order valence-electron chi connectivity index (χ1n) is 17.7. The number of hydrogen-bond acceptors (Lipinski definition) is 4. The summed E-state index contributed by atoms with van der Waals surface area (Å²) < 4.78 is 4.23. The number of benzene rings is 3. The van der Waals surface area contributed by atoms with E-state index in [2.05, 4.69) is 98.7 Å². The molecule has 3 aromatic carbocycles. The van der Waals surface area contributed by atoms with Crippen LogP contribution < -0.4 is 4.40 Å². The average molecular weight is 916 g/mol. The van der Waals surface area contributed by atoms with Crippen LogP contribution in [0.5, 0.6) is 0 Å². The number of pyridine rings is 1. The summed E-state index contributed by atoms with van der Waals surface area (Å²) in [6, 6.07) is 23.9. The largest absolute Gasteiger partial charge is 0.512 e. The molecule has 0 saturated heterocycles. The van der Waals surface area contributed by atoms with E-state index in [1.54, 1.807) is 4.40 Å². The Hall–Kier alpha value is -2.31. The minimum atomic E-state index is -1.87. The number of nitrogens with zero attached hydrogens (tertiary/aromatic N) is 1. The SMILES string of the molecule is CC(C)(C)c1cc(-c2nccc3sc4c[c]([Ge]([CH3])([CH3])[CH3])ccc4c23)[c-]c2ccccc12.CCC(C)(CC)C(=O)/C=C(\O)C(C)(CC)CC.[Ir]. The summed E-state index contributed by atoms with van der Waals surface area (Å²) in [5.74, 6) is 7.66. The predicted octanol–water partition coefficient (Wildman–Crippen LogP) is 12.6. The van der Waals surface area contributed by atoms with E-state index in [-0.39, 0.29) is 47.9 Å². The standard InChI is InChI=1S/C28H28GeNS.C15H28O2.Ir/c1-28(2,3)23-16-19(15-18-9-7-8-10-21(18)23)27-26-22-12-11-20(29(4,5)6)17-25(22)31-24(26)13-14-30-27;1-7-14(5,8-2)12(16)11-13(17)15(6,9-3)10-4;/h7-14,16-17H,1-6H3;11,16H,7-10H2,1-6H3;/q-1;;/b;12-11-;. The number of carbonyl (C=O) groups excluding carboxylic acids is 1. The summed E-state index contributed by atoms with van der Waals surface area (Å²) in [7, 11) is 0. The van der Waals surface area contributed by atoms with E-state index in [4.69, 9.17) is 4.98 Å². The van der Waals surface area contributed by atoms with Gasteiger partial charge in [-0.25, -0.2) is 0 Å². The molecule has 49 heavy (non-hydrogen) atoms. The monoisotopic (exact) mass is 917 g/mol. The van der Waals surface area contributed by atoms with Gasteiger partial charge in [0.05, 0.1) is 0 Å². The van der Waals surface area contributed by atoms with Gasteiger partial charge in [0, 0.05) is 37.0 Å². The molecule has 0 aliphatic rings. The van der Waals surface area contributed by atoms with Gasteiger partial charge in [0.1, 0.15) is 5.76 Å². The van der Waals surface area contributed by atoms with E-state index in [0.717, 1.165) is 42.3 Å². The molecule has 0 bridgehead atoms. The maximum absolute atomic E-state index is 12.2. The molecule has 0 amide bonds.